The fourth-order valence-electron chi connectivity index (χ4n) is 4.18. The molecule has 2 aliphatic heterocycles. The normalized spacial score (nSPS) is 21.2. The van der Waals surface area contributed by atoms with Crippen molar-refractivity contribution in [2.24, 2.45) is 12.0 Å². The molecule has 144 valence electrons. The third-order valence-corrected chi connectivity index (χ3v) is 5.58. The SMILES string of the molecule is CCNC(=NCc1c(CC)nn(C)c1CC)N1CCC(N2CC=CC2)C1. The van der Waals surface area contributed by atoms with E-state index in [1.807, 2.05) is 11.7 Å². The monoisotopic (exact) mass is 358 g/mol. The summed E-state index contributed by atoms with van der Waals surface area (Å²) in [5.41, 5.74) is 3.81. The molecule has 3 rings (SSSR count). The lowest BCUT2D eigenvalue weighted by molar-refractivity contribution is 0.259. The van der Waals surface area contributed by atoms with E-state index in [1.165, 1.54) is 23.4 Å². The van der Waals surface area contributed by atoms with Gasteiger partial charge in [0, 0.05) is 57.1 Å². The van der Waals surface area contributed by atoms with Gasteiger partial charge in [0.05, 0.1) is 12.2 Å². The van der Waals surface area contributed by atoms with Gasteiger partial charge in [-0.25, -0.2) is 4.99 Å². The predicted molar refractivity (Wildman–Crippen MR) is 107 cm³/mol. The van der Waals surface area contributed by atoms with Gasteiger partial charge in [-0.15, -0.1) is 0 Å². The number of hydrogen-bond acceptors (Lipinski definition) is 3. The van der Waals surface area contributed by atoms with Gasteiger partial charge in [-0.05, 0) is 26.2 Å². The topological polar surface area (TPSA) is 48.7 Å². The molecular weight excluding hydrogens is 324 g/mol. The Hall–Kier alpha value is -1.82. The van der Waals surface area contributed by atoms with E-state index in [1.54, 1.807) is 0 Å². The molecule has 1 saturated heterocycles. The van der Waals surface area contributed by atoms with Crippen LogP contribution in [-0.4, -0.2) is 64.3 Å². The summed E-state index contributed by atoms with van der Waals surface area (Å²) >= 11 is 0. The quantitative estimate of drug-likeness (QED) is 0.480. The molecule has 0 saturated carbocycles. The van der Waals surface area contributed by atoms with Crippen LogP contribution in [0.3, 0.4) is 0 Å². The molecule has 26 heavy (non-hydrogen) atoms. The Morgan fingerprint density at radius 2 is 2.00 bits per heavy atom. The zero-order chi connectivity index (χ0) is 18.5. The van der Waals surface area contributed by atoms with Crippen LogP contribution in [0.1, 0.15) is 44.1 Å². The molecule has 0 aliphatic carbocycles. The van der Waals surface area contributed by atoms with Crippen LogP contribution in [-0.2, 0) is 26.4 Å². The second-order valence-corrected chi connectivity index (χ2v) is 7.19. The highest BCUT2D eigenvalue weighted by molar-refractivity contribution is 5.80. The van der Waals surface area contributed by atoms with Gasteiger partial charge in [0.15, 0.2) is 5.96 Å². The van der Waals surface area contributed by atoms with Crippen molar-refractivity contribution >= 4 is 5.96 Å². The average Bonchev–Trinajstić information content (AvgIpc) is 3.37. The molecule has 0 amide bonds. The number of hydrogen-bond donors (Lipinski definition) is 1. The highest BCUT2D eigenvalue weighted by atomic mass is 15.3. The van der Waals surface area contributed by atoms with Gasteiger partial charge >= 0.3 is 0 Å². The van der Waals surface area contributed by atoms with E-state index in [0.29, 0.717) is 6.04 Å². The van der Waals surface area contributed by atoms with Gasteiger partial charge in [0.25, 0.3) is 0 Å². The summed E-state index contributed by atoms with van der Waals surface area (Å²) in [7, 11) is 2.05. The lowest BCUT2D eigenvalue weighted by atomic mass is 10.1. The third-order valence-electron chi connectivity index (χ3n) is 5.58. The maximum atomic E-state index is 5.00. The fraction of sp³-hybridized carbons (Fsp3) is 0.700. The number of aromatic nitrogens is 2. The van der Waals surface area contributed by atoms with E-state index in [9.17, 15) is 0 Å². The van der Waals surface area contributed by atoms with Crippen molar-refractivity contribution in [1.29, 1.82) is 0 Å². The van der Waals surface area contributed by atoms with Crippen molar-refractivity contribution in [3.05, 3.63) is 29.1 Å². The van der Waals surface area contributed by atoms with Gasteiger partial charge in [0.2, 0.25) is 0 Å². The summed E-state index contributed by atoms with van der Waals surface area (Å²) in [5, 5.41) is 8.19. The molecule has 0 spiro atoms. The highest BCUT2D eigenvalue weighted by Crippen LogP contribution is 2.20. The van der Waals surface area contributed by atoms with E-state index >= 15 is 0 Å². The first-order chi connectivity index (χ1) is 12.7. The summed E-state index contributed by atoms with van der Waals surface area (Å²) in [4.78, 5) is 10.00. The number of nitrogens with one attached hydrogen (secondary N) is 1. The van der Waals surface area contributed by atoms with Crippen LogP contribution in [0.25, 0.3) is 0 Å². The van der Waals surface area contributed by atoms with Crippen LogP contribution in [0, 0.1) is 0 Å². The number of aryl methyl sites for hydroxylation is 2. The second-order valence-electron chi connectivity index (χ2n) is 7.19. The zero-order valence-corrected chi connectivity index (χ0v) is 16.8. The Morgan fingerprint density at radius 3 is 2.65 bits per heavy atom. The molecule has 0 radical (unpaired) electrons. The Labute approximate surface area is 158 Å². The number of guanidine groups is 1. The van der Waals surface area contributed by atoms with Crippen LogP contribution >= 0.6 is 0 Å². The molecule has 0 aromatic carbocycles. The molecule has 1 N–H and O–H groups in total. The van der Waals surface area contributed by atoms with Crippen LogP contribution < -0.4 is 5.32 Å². The van der Waals surface area contributed by atoms with Crippen molar-refractivity contribution in [2.75, 3.05) is 32.7 Å². The van der Waals surface area contributed by atoms with Crippen LogP contribution in [0.2, 0.25) is 0 Å². The molecule has 1 fully saturated rings. The Morgan fingerprint density at radius 1 is 1.23 bits per heavy atom. The molecule has 3 heterocycles. The molecule has 1 atom stereocenters. The summed E-state index contributed by atoms with van der Waals surface area (Å²) in [6.45, 7) is 12.5. The Bertz CT molecular complexity index is 652. The minimum Gasteiger partial charge on any atom is -0.357 e. The molecule has 1 aromatic rings. The van der Waals surface area contributed by atoms with Crippen molar-refractivity contribution in [3.8, 4) is 0 Å². The smallest absolute Gasteiger partial charge is 0.194 e. The van der Waals surface area contributed by atoms with Gasteiger partial charge in [-0.3, -0.25) is 9.58 Å². The molecule has 6 nitrogen and oxygen atoms in total. The van der Waals surface area contributed by atoms with Crippen molar-refractivity contribution in [3.63, 3.8) is 0 Å². The summed E-state index contributed by atoms with van der Waals surface area (Å²) in [5.74, 6) is 1.05. The van der Waals surface area contributed by atoms with Crippen LogP contribution in [0.4, 0.5) is 0 Å². The lowest BCUT2D eigenvalue weighted by Crippen LogP contribution is -2.42. The van der Waals surface area contributed by atoms with Crippen LogP contribution in [0.5, 0.6) is 0 Å². The third kappa shape index (κ3) is 3.95. The maximum absolute atomic E-state index is 5.00. The first-order valence-electron chi connectivity index (χ1n) is 10.1. The minimum atomic E-state index is 0.643. The van der Waals surface area contributed by atoms with Crippen molar-refractivity contribution < 1.29 is 0 Å². The number of nitrogens with zero attached hydrogens (tertiary/aromatic N) is 5. The first kappa shape index (κ1) is 19.0. The summed E-state index contributed by atoms with van der Waals surface area (Å²) in [6.07, 6.45) is 7.74. The van der Waals surface area contributed by atoms with E-state index < -0.39 is 0 Å². The van der Waals surface area contributed by atoms with E-state index in [4.69, 9.17) is 4.99 Å². The fourth-order valence-corrected chi connectivity index (χ4v) is 4.18. The lowest BCUT2D eigenvalue weighted by Gasteiger charge is -2.25. The van der Waals surface area contributed by atoms with E-state index in [2.05, 4.69) is 53.1 Å². The second kappa shape index (κ2) is 8.71. The molecule has 6 heteroatoms. The van der Waals surface area contributed by atoms with Crippen LogP contribution in [0.15, 0.2) is 17.1 Å². The van der Waals surface area contributed by atoms with Crippen molar-refractivity contribution in [1.82, 2.24) is 24.9 Å². The maximum Gasteiger partial charge on any atom is 0.194 e. The molecule has 2 aliphatic rings. The van der Waals surface area contributed by atoms with E-state index in [0.717, 1.165) is 58.1 Å². The number of likely N-dealkylation sites (tertiary alicyclic amines) is 1. The van der Waals surface area contributed by atoms with Crippen molar-refractivity contribution in [2.45, 2.75) is 52.6 Å². The zero-order valence-electron chi connectivity index (χ0n) is 16.8. The Balaban J connectivity index is 1.72. The standard InChI is InChI=1S/C20H34N6/c1-5-18-17(19(6-2)24(4)23-18)14-22-20(21-7-3)26-13-10-16(15-26)25-11-8-9-12-25/h8-9,16H,5-7,10-15H2,1-4H3,(H,21,22). The van der Waals surface area contributed by atoms with Gasteiger partial charge < -0.3 is 10.2 Å². The number of aliphatic imine (C=N–C) groups is 1. The predicted octanol–water partition coefficient (Wildman–Crippen LogP) is 1.96. The van der Waals surface area contributed by atoms with Gasteiger partial charge in [-0.1, -0.05) is 26.0 Å². The molecule has 1 unspecified atom stereocenters. The molecular formula is C20H34N6. The number of rotatable bonds is 6. The first-order valence-corrected chi connectivity index (χ1v) is 10.1. The molecule has 1 aromatic heterocycles. The summed E-state index contributed by atoms with van der Waals surface area (Å²) < 4.78 is 2.03. The van der Waals surface area contributed by atoms with Gasteiger partial charge in [0.1, 0.15) is 0 Å². The Kier molecular flexibility index (Phi) is 6.35. The average molecular weight is 359 g/mol. The minimum absolute atomic E-state index is 0.643. The van der Waals surface area contributed by atoms with Gasteiger partial charge in [-0.2, -0.15) is 5.10 Å². The largest absolute Gasteiger partial charge is 0.357 e. The highest BCUT2D eigenvalue weighted by Gasteiger charge is 2.29. The van der Waals surface area contributed by atoms with E-state index in [-0.39, 0.29) is 0 Å². The summed E-state index contributed by atoms with van der Waals surface area (Å²) in [6, 6.07) is 0.643. The molecule has 0 bridgehead atoms.